The lowest BCUT2D eigenvalue weighted by Gasteiger charge is -2.35. The molecule has 0 spiro atoms. The van der Waals surface area contributed by atoms with Crippen molar-refractivity contribution in [3.8, 4) is 0 Å². The van der Waals surface area contributed by atoms with Crippen molar-refractivity contribution in [2.75, 3.05) is 6.54 Å². The molecule has 2 bridgehead atoms. The number of carbonyl (C=O) groups is 2. The minimum atomic E-state index is -0.412. The Hall–Kier alpha value is -2.21. The van der Waals surface area contributed by atoms with Crippen LogP contribution in [0.2, 0.25) is 0 Å². The quantitative estimate of drug-likeness (QED) is 0.835. The molecule has 29 heavy (non-hydrogen) atoms. The van der Waals surface area contributed by atoms with Crippen molar-refractivity contribution in [1.29, 1.82) is 0 Å². The lowest BCUT2D eigenvalue weighted by molar-refractivity contribution is -0.124. The van der Waals surface area contributed by atoms with Crippen molar-refractivity contribution < 1.29 is 9.59 Å². The molecule has 0 radical (unpaired) electrons. The second kappa shape index (κ2) is 7.56. The molecule has 3 heterocycles. The summed E-state index contributed by atoms with van der Waals surface area (Å²) >= 11 is 1.44. The molecule has 5 nitrogen and oxygen atoms in total. The van der Waals surface area contributed by atoms with E-state index in [-0.39, 0.29) is 17.9 Å². The summed E-state index contributed by atoms with van der Waals surface area (Å²) in [6.45, 7) is 3.04. The van der Waals surface area contributed by atoms with Crippen molar-refractivity contribution in [2.45, 2.75) is 51.1 Å². The van der Waals surface area contributed by atoms with Crippen molar-refractivity contribution in [3.05, 3.63) is 52.0 Å². The second-order valence-electron chi connectivity index (χ2n) is 8.90. The summed E-state index contributed by atoms with van der Waals surface area (Å²) in [6.07, 6.45) is 7.00. The number of pyridine rings is 1. The van der Waals surface area contributed by atoms with Gasteiger partial charge in [0.15, 0.2) is 0 Å². The standard InChI is InChI=1S/C23H27N3O2S/c1-14(18-11-15-6-7-16(18)10-15)25-22(27)19-13-26(23(28)20-5-3-9-29-20)12-17-4-2-8-24-21(17)19/h2-5,8-9,14-16,18-19H,6-7,10-13H2,1H3,(H,25,27). The molecule has 2 aromatic rings. The average molecular weight is 410 g/mol. The van der Waals surface area contributed by atoms with E-state index in [9.17, 15) is 9.59 Å². The number of hydrogen-bond donors (Lipinski definition) is 1. The zero-order chi connectivity index (χ0) is 20.0. The summed E-state index contributed by atoms with van der Waals surface area (Å²) in [6, 6.07) is 7.77. The van der Waals surface area contributed by atoms with Gasteiger partial charge < -0.3 is 10.2 Å². The Kier molecular flexibility index (Phi) is 4.90. The van der Waals surface area contributed by atoms with Crippen molar-refractivity contribution in [3.63, 3.8) is 0 Å². The summed E-state index contributed by atoms with van der Waals surface area (Å²) in [7, 11) is 0. The molecule has 1 aliphatic heterocycles. The molecule has 0 saturated heterocycles. The van der Waals surface area contributed by atoms with E-state index in [1.807, 2.05) is 29.6 Å². The molecule has 5 rings (SSSR count). The predicted molar refractivity (Wildman–Crippen MR) is 113 cm³/mol. The van der Waals surface area contributed by atoms with Crippen LogP contribution in [0.4, 0.5) is 0 Å². The Labute approximate surface area is 175 Å². The molecule has 152 valence electrons. The number of thiophene rings is 1. The third-order valence-electron chi connectivity index (χ3n) is 7.16. The molecule has 5 atom stereocenters. The zero-order valence-electron chi connectivity index (χ0n) is 16.7. The third kappa shape index (κ3) is 3.48. The van der Waals surface area contributed by atoms with Crippen molar-refractivity contribution >= 4 is 23.2 Å². The highest BCUT2D eigenvalue weighted by Crippen LogP contribution is 2.49. The molecule has 1 N–H and O–H groups in total. The van der Waals surface area contributed by atoms with Gasteiger partial charge in [0.05, 0.1) is 16.5 Å². The van der Waals surface area contributed by atoms with E-state index < -0.39 is 5.92 Å². The maximum absolute atomic E-state index is 13.3. The fourth-order valence-corrected chi connectivity index (χ4v) is 6.42. The largest absolute Gasteiger partial charge is 0.353 e. The molecule has 2 amide bonds. The van der Waals surface area contributed by atoms with Crippen molar-refractivity contribution in [2.24, 2.45) is 17.8 Å². The number of rotatable bonds is 4. The number of carbonyl (C=O) groups excluding carboxylic acids is 2. The molecule has 5 unspecified atom stereocenters. The number of nitrogens with zero attached hydrogens (tertiary/aromatic N) is 2. The molecule has 2 aliphatic carbocycles. The lowest BCUT2D eigenvalue weighted by Crippen LogP contribution is -2.47. The average Bonchev–Trinajstić information content (AvgIpc) is 3.50. The highest BCUT2D eigenvalue weighted by molar-refractivity contribution is 7.12. The van der Waals surface area contributed by atoms with Gasteiger partial charge in [-0.05, 0) is 67.0 Å². The van der Waals surface area contributed by atoms with Crippen LogP contribution in [0.3, 0.4) is 0 Å². The Balaban J connectivity index is 1.34. The fraction of sp³-hybridized carbons (Fsp3) is 0.522. The van der Waals surface area contributed by atoms with Crippen LogP contribution < -0.4 is 5.32 Å². The second-order valence-corrected chi connectivity index (χ2v) is 9.85. The Morgan fingerprint density at radius 1 is 1.24 bits per heavy atom. The smallest absolute Gasteiger partial charge is 0.264 e. The van der Waals surface area contributed by atoms with Crippen LogP contribution in [0, 0.1) is 17.8 Å². The number of fused-ring (bicyclic) bond motifs is 3. The van der Waals surface area contributed by atoms with E-state index in [4.69, 9.17) is 0 Å². The summed E-state index contributed by atoms with van der Waals surface area (Å²) in [5, 5.41) is 5.21. The van der Waals surface area contributed by atoms with E-state index in [0.29, 0.717) is 23.9 Å². The highest BCUT2D eigenvalue weighted by atomic mass is 32.1. The minimum Gasteiger partial charge on any atom is -0.353 e. The first-order valence-corrected chi connectivity index (χ1v) is 11.5. The molecule has 2 aromatic heterocycles. The summed E-state index contributed by atoms with van der Waals surface area (Å²) < 4.78 is 0. The maximum Gasteiger partial charge on any atom is 0.264 e. The van der Waals surface area contributed by atoms with E-state index in [2.05, 4.69) is 17.2 Å². The summed E-state index contributed by atoms with van der Waals surface area (Å²) in [5.41, 5.74) is 1.79. The first-order chi connectivity index (χ1) is 14.1. The first kappa shape index (κ1) is 18.8. The van der Waals surface area contributed by atoms with E-state index in [0.717, 1.165) is 23.1 Å². The van der Waals surface area contributed by atoms with E-state index >= 15 is 0 Å². The fourth-order valence-electron chi connectivity index (χ4n) is 5.73. The van der Waals surface area contributed by atoms with Crippen LogP contribution in [0.25, 0.3) is 0 Å². The summed E-state index contributed by atoms with van der Waals surface area (Å²) in [4.78, 5) is 33.3. The van der Waals surface area contributed by atoms with Crippen LogP contribution in [-0.2, 0) is 11.3 Å². The molecule has 3 aliphatic rings. The van der Waals surface area contributed by atoms with Crippen LogP contribution >= 0.6 is 11.3 Å². The van der Waals surface area contributed by atoms with Gasteiger partial charge in [0.25, 0.3) is 5.91 Å². The lowest BCUT2D eigenvalue weighted by atomic mass is 9.83. The minimum absolute atomic E-state index is 0.00361. The zero-order valence-corrected chi connectivity index (χ0v) is 17.5. The van der Waals surface area contributed by atoms with Crippen LogP contribution in [0.1, 0.15) is 59.5 Å². The normalized spacial score (nSPS) is 28.8. The van der Waals surface area contributed by atoms with Gasteiger partial charge in [-0.25, -0.2) is 0 Å². The molecule has 6 heteroatoms. The predicted octanol–water partition coefficient (Wildman–Crippen LogP) is 3.82. The Morgan fingerprint density at radius 3 is 2.86 bits per heavy atom. The molecular weight excluding hydrogens is 382 g/mol. The molecular formula is C23H27N3O2S. The van der Waals surface area contributed by atoms with Crippen molar-refractivity contribution in [1.82, 2.24) is 15.2 Å². The number of aromatic nitrogens is 1. The van der Waals surface area contributed by atoms with Crippen LogP contribution in [0.5, 0.6) is 0 Å². The van der Waals surface area contributed by atoms with Gasteiger partial charge in [0.1, 0.15) is 0 Å². The first-order valence-electron chi connectivity index (χ1n) is 10.7. The van der Waals surface area contributed by atoms with Gasteiger partial charge >= 0.3 is 0 Å². The van der Waals surface area contributed by atoms with E-state index in [1.165, 1.54) is 37.0 Å². The van der Waals surface area contributed by atoms with Crippen LogP contribution in [0.15, 0.2) is 35.8 Å². The Bertz CT molecular complexity index is 913. The van der Waals surface area contributed by atoms with E-state index in [1.54, 1.807) is 11.1 Å². The third-order valence-corrected chi connectivity index (χ3v) is 8.02. The SMILES string of the molecule is CC(NC(=O)C1CN(C(=O)c2cccs2)Cc2cccnc21)C1CC2CCC1C2. The number of nitrogens with one attached hydrogen (secondary N) is 1. The monoisotopic (exact) mass is 409 g/mol. The van der Waals surface area contributed by atoms with Gasteiger partial charge in [0.2, 0.25) is 5.91 Å². The number of amides is 2. The van der Waals surface area contributed by atoms with Gasteiger partial charge in [-0.3, -0.25) is 14.6 Å². The number of hydrogen-bond acceptors (Lipinski definition) is 4. The molecule has 2 saturated carbocycles. The van der Waals surface area contributed by atoms with Gasteiger partial charge in [0, 0.05) is 25.3 Å². The molecule has 0 aromatic carbocycles. The Morgan fingerprint density at radius 2 is 2.14 bits per heavy atom. The van der Waals surface area contributed by atoms with Gasteiger partial charge in [-0.15, -0.1) is 11.3 Å². The topological polar surface area (TPSA) is 62.3 Å². The highest BCUT2D eigenvalue weighted by Gasteiger charge is 2.43. The maximum atomic E-state index is 13.3. The van der Waals surface area contributed by atoms with Gasteiger partial charge in [-0.1, -0.05) is 18.6 Å². The van der Waals surface area contributed by atoms with Gasteiger partial charge in [-0.2, -0.15) is 0 Å². The van der Waals surface area contributed by atoms with Crippen LogP contribution in [-0.4, -0.2) is 34.3 Å². The summed E-state index contributed by atoms with van der Waals surface area (Å²) in [5.74, 6) is 1.81. The molecule has 2 fully saturated rings.